The first-order valence-corrected chi connectivity index (χ1v) is 2.17. The Bertz CT molecular complexity index is 71.6. The predicted octanol–water partition coefficient (Wildman–Crippen LogP) is -3.38. The van der Waals surface area contributed by atoms with Crippen LogP contribution in [0.1, 0.15) is 8.35 Å². The molecule has 0 aromatic carbocycles. The van der Waals surface area contributed by atoms with Crippen LogP contribution in [0.2, 0.25) is 0 Å². The van der Waals surface area contributed by atoms with Gasteiger partial charge in [-0.3, -0.25) is 4.79 Å². The van der Waals surface area contributed by atoms with Crippen molar-refractivity contribution in [2.45, 2.75) is 6.92 Å². The van der Waals surface area contributed by atoms with Crippen molar-refractivity contribution in [3.8, 4) is 0 Å². The summed E-state index contributed by atoms with van der Waals surface area (Å²) in [5.74, 6) is -0.345. The number of carbonyl (C=O) groups is 1. The van der Waals surface area contributed by atoms with Crippen molar-refractivity contribution in [1.82, 2.24) is 0 Å². The molecular weight excluding hydrogens is 117 g/mol. The van der Waals surface area contributed by atoms with E-state index < -0.39 is 0 Å². The summed E-state index contributed by atoms with van der Waals surface area (Å²) in [6.45, 7) is 2.14. The zero-order valence-electron chi connectivity index (χ0n) is 6.31. The fourth-order valence-electron chi connectivity index (χ4n) is 0.220. The molecule has 4 heteroatoms. The van der Waals surface area contributed by atoms with Crippen LogP contribution in [-0.4, -0.2) is 19.1 Å². The van der Waals surface area contributed by atoms with Crippen LogP contribution in [0.5, 0.6) is 0 Å². The number of esters is 1. The Morgan fingerprint density at radius 1 is 1.88 bits per heavy atom. The van der Waals surface area contributed by atoms with E-state index in [2.05, 4.69) is 4.74 Å². The van der Waals surface area contributed by atoms with E-state index in [0.717, 1.165) is 0 Å². The van der Waals surface area contributed by atoms with Gasteiger partial charge in [-0.2, -0.15) is 0 Å². The normalized spacial score (nSPS) is 7.25. The molecule has 0 spiro atoms. The molecule has 2 N–H and O–H groups in total. The van der Waals surface area contributed by atoms with Gasteiger partial charge in [0.1, 0.15) is 0 Å². The van der Waals surface area contributed by atoms with Crippen molar-refractivity contribution in [3.63, 3.8) is 0 Å². The van der Waals surface area contributed by atoms with Crippen LogP contribution in [0.15, 0.2) is 0 Å². The fourth-order valence-corrected chi connectivity index (χ4v) is 0.220. The van der Waals surface area contributed by atoms with E-state index in [4.69, 9.17) is 5.73 Å². The van der Waals surface area contributed by atoms with Gasteiger partial charge >= 0.3 is 35.5 Å². The molecule has 0 radical (unpaired) electrons. The summed E-state index contributed by atoms with van der Waals surface area (Å²) in [6.07, 6.45) is 0. The summed E-state index contributed by atoms with van der Waals surface area (Å²) < 4.78 is 4.43. The van der Waals surface area contributed by atoms with Gasteiger partial charge in [-0.15, -0.1) is 0 Å². The number of rotatable bonds is 2. The molecule has 0 aromatic heterocycles. The van der Waals surface area contributed by atoms with Crippen LogP contribution in [0, 0.1) is 0 Å². The number of hydrogen-bond donors (Lipinski definition) is 1. The summed E-state index contributed by atoms with van der Waals surface area (Å²) in [7, 11) is 0. The van der Waals surface area contributed by atoms with Crippen molar-refractivity contribution in [2.24, 2.45) is 5.73 Å². The topological polar surface area (TPSA) is 52.3 Å². The Kier molecular flexibility index (Phi) is 10.5. The Morgan fingerprint density at radius 2 is 2.38 bits per heavy atom. The molecule has 0 bridgehead atoms. The van der Waals surface area contributed by atoms with E-state index in [1.807, 2.05) is 0 Å². The molecule has 0 saturated heterocycles. The second-order valence-electron chi connectivity index (χ2n) is 1.01. The zero-order chi connectivity index (χ0) is 5.70. The molecule has 0 rings (SSSR count). The van der Waals surface area contributed by atoms with Crippen molar-refractivity contribution in [1.29, 1.82) is 0 Å². The molecule has 0 fully saturated rings. The van der Waals surface area contributed by atoms with E-state index >= 15 is 0 Å². The minimum atomic E-state index is -0.345. The Balaban J connectivity index is -0.000000180. The molecule has 0 atom stereocenters. The largest absolute Gasteiger partial charge is 1.00 e. The minimum Gasteiger partial charge on any atom is -1.00 e. The number of hydrogen-bond acceptors (Lipinski definition) is 3. The SMILES string of the molecule is CCOC(=O)CN.[H-].[Na+]. The second-order valence-corrected chi connectivity index (χ2v) is 1.01. The van der Waals surface area contributed by atoms with Crippen molar-refractivity contribution in [2.75, 3.05) is 13.2 Å². The third-order valence-electron chi connectivity index (χ3n) is 0.472. The molecule has 0 saturated carbocycles. The number of carbonyl (C=O) groups excluding carboxylic acids is 1. The van der Waals surface area contributed by atoms with Crippen LogP contribution < -0.4 is 35.3 Å². The van der Waals surface area contributed by atoms with Gasteiger partial charge in [0.15, 0.2) is 0 Å². The first kappa shape index (κ1) is 11.3. The van der Waals surface area contributed by atoms with Crippen LogP contribution in [0.25, 0.3) is 0 Å². The van der Waals surface area contributed by atoms with Crippen LogP contribution in [-0.2, 0) is 9.53 Å². The summed E-state index contributed by atoms with van der Waals surface area (Å²) >= 11 is 0. The number of nitrogens with two attached hydrogens (primary N) is 1. The Labute approximate surface area is 72.3 Å². The standard InChI is InChI=1S/C4H9NO2.Na.H/c1-2-7-4(6)3-5;;/h2-3,5H2,1H3;;/q;+1;-1. The van der Waals surface area contributed by atoms with Gasteiger partial charge in [0.2, 0.25) is 0 Å². The van der Waals surface area contributed by atoms with Gasteiger partial charge < -0.3 is 11.9 Å². The maximum atomic E-state index is 10.1. The summed E-state index contributed by atoms with van der Waals surface area (Å²) in [5, 5.41) is 0. The molecule has 0 heterocycles. The van der Waals surface area contributed by atoms with Crippen molar-refractivity contribution in [3.05, 3.63) is 0 Å². The third-order valence-corrected chi connectivity index (χ3v) is 0.472. The van der Waals surface area contributed by atoms with Gasteiger partial charge in [0, 0.05) is 0 Å². The fraction of sp³-hybridized carbons (Fsp3) is 0.750. The summed E-state index contributed by atoms with van der Waals surface area (Å²) in [5.41, 5.74) is 4.88. The van der Waals surface area contributed by atoms with E-state index in [-0.39, 0.29) is 43.5 Å². The van der Waals surface area contributed by atoms with Gasteiger partial charge in [-0.05, 0) is 6.92 Å². The van der Waals surface area contributed by atoms with E-state index in [1.54, 1.807) is 6.92 Å². The first-order valence-electron chi connectivity index (χ1n) is 2.17. The molecule has 0 aliphatic carbocycles. The summed E-state index contributed by atoms with van der Waals surface area (Å²) in [4.78, 5) is 10.1. The smallest absolute Gasteiger partial charge is 1.00 e. The monoisotopic (exact) mass is 127 g/mol. The molecule has 0 amide bonds. The Hall–Kier alpha value is 0.430. The van der Waals surface area contributed by atoms with Gasteiger partial charge in [-0.1, -0.05) is 0 Å². The van der Waals surface area contributed by atoms with Gasteiger partial charge in [-0.25, -0.2) is 0 Å². The van der Waals surface area contributed by atoms with Crippen LogP contribution >= 0.6 is 0 Å². The van der Waals surface area contributed by atoms with E-state index in [0.29, 0.717) is 6.61 Å². The maximum absolute atomic E-state index is 10.1. The van der Waals surface area contributed by atoms with Crippen molar-refractivity contribution < 1.29 is 40.5 Å². The number of ether oxygens (including phenoxy) is 1. The average molecular weight is 127 g/mol. The average Bonchev–Trinajstić information content (AvgIpc) is 1.68. The van der Waals surface area contributed by atoms with Crippen LogP contribution in [0.4, 0.5) is 0 Å². The minimum absolute atomic E-state index is 0. The van der Waals surface area contributed by atoms with Gasteiger partial charge in [0.05, 0.1) is 13.2 Å². The predicted molar refractivity (Wildman–Crippen MR) is 26.8 cm³/mol. The molecule has 0 unspecified atom stereocenters. The second kappa shape index (κ2) is 7.43. The molecule has 0 aliphatic heterocycles. The molecule has 3 nitrogen and oxygen atoms in total. The van der Waals surface area contributed by atoms with E-state index in [1.165, 1.54) is 0 Å². The molecule has 0 aliphatic rings. The van der Waals surface area contributed by atoms with Crippen LogP contribution in [0.3, 0.4) is 0 Å². The third kappa shape index (κ3) is 6.43. The molecular formula is C4H10NNaO2. The maximum Gasteiger partial charge on any atom is 1.00 e. The van der Waals surface area contributed by atoms with Crippen molar-refractivity contribution >= 4 is 5.97 Å². The van der Waals surface area contributed by atoms with Gasteiger partial charge in [0.25, 0.3) is 0 Å². The Morgan fingerprint density at radius 3 is 2.50 bits per heavy atom. The molecule has 44 valence electrons. The quantitative estimate of drug-likeness (QED) is 0.311. The first-order chi connectivity index (χ1) is 3.31. The zero-order valence-corrected chi connectivity index (χ0v) is 7.31. The summed E-state index contributed by atoms with van der Waals surface area (Å²) in [6, 6.07) is 0. The molecule has 8 heavy (non-hydrogen) atoms. The van der Waals surface area contributed by atoms with E-state index in [9.17, 15) is 4.79 Å². The molecule has 0 aromatic rings.